The van der Waals surface area contributed by atoms with Crippen molar-refractivity contribution < 1.29 is 0 Å². The Morgan fingerprint density at radius 3 is 3.00 bits per heavy atom. The van der Waals surface area contributed by atoms with E-state index in [0.29, 0.717) is 23.1 Å². The van der Waals surface area contributed by atoms with Crippen LogP contribution in [0.15, 0.2) is 40.6 Å². The number of thiazole rings is 1. The van der Waals surface area contributed by atoms with Gasteiger partial charge in [-0.2, -0.15) is 0 Å². The minimum Gasteiger partial charge on any atom is -0.332 e. The summed E-state index contributed by atoms with van der Waals surface area (Å²) >= 11 is 6.84. The van der Waals surface area contributed by atoms with E-state index in [1.54, 1.807) is 22.1 Å². The van der Waals surface area contributed by atoms with Gasteiger partial charge in [0.2, 0.25) is 0 Å². The van der Waals surface area contributed by atoms with Crippen LogP contribution in [-0.4, -0.2) is 14.5 Å². The minimum atomic E-state index is -0.0455. The summed E-state index contributed by atoms with van der Waals surface area (Å²) in [5.74, 6) is 0. The molecule has 0 bridgehead atoms. The maximum atomic E-state index is 12.4. The number of fused-ring (bicyclic) bond motifs is 1. The Morgan fingerprint density at radius 1 is 1.37 bits per heavy atom. The second kappa shape index (κ2) is 5.07. The zero-order chi connectivity index (χ0) is 13.2. The van der Waals surface area contributed by atoms with Gasteiger partial charge in [-0.3, -0.25) is 9.36 Å². The van der Waals surface area contributed by atoms with Crippen LogP contribution in [0.2, 0.25) is 0 Å². The molecule has 6 heteroatoms. The van der Waals surface area contributed by atoms with Gasteiger partial charge in [0.15, 0.2) is 4.77 Å². The van der Waals surface area contributed by atoms with Crippen LogP contribution >= 0.6 is 23.6 Å². The van der Waals surface area contributed by atoms with Gasteiger partial charge >= 0.3 is 0 Å². The van der Waals surface area contributed by atoms with Crippen molar-refractivity contribution >= 4 is 34.5 Å². The lowest BCUT2D eigenvalue weighted by Gasteiger charge is -2.06. The maximum absolute atomic E-state index is 12.4. The molecule has 3 aromatic rings. The summed E-state index contributed by atoms with van der Waals surface area (Å²) in [7, 11) is 0. The highest BCUT2D eigenvalue weighted by molar-refractivity contribution is 7.71. The third-order valence-electron chi connectivity index (χ3n) is 2.92. The molecule has 0 atom stereocenters. The first-order valence-electron chi connectivity index (χ1n) is 5.86. The van der Waals surface area contributed by atoms with Gasteiger partial charge in [-0.05, 0) is 24.4 Å². The van der Waals surface area contributed by atoms with Gasteiger partial charge in [0.1, 0.15) is 0 Å². The smallest absolute Gasteiger partial charge is 0.262 e. The number of rotatable bonds is 3. The molecular formula is C13H11N3OS2. The SMILES string of the molecule is O=c1c2ccccc2[nH]c(=S)n1CCc1nccs1. The highest BCUT2D eigenvalue weighted by Crippen LogP contribution is 2.08. The van der Waals surface area contributed by atoms with Gasteiger partial charge in [0.25, 0.3) is 5.56 Å². The Morgan fingerprint density at radius 2 is 2.21 bits per heavy atom. The second-order valence-corrected chi connectivity index (χ2v) is 5.47. The third-order valence-corrected chi connectivity index (χ3v) is 4.08. The molecule has 0 spiro atoms. The molecule has 3 rings (SSSR count). The van der Waals surface area contributed by atoms with Crippen LogP contribution < -0.4 is 5.56 Å². The summed E-state index contributed by atoms with van der Waals surface area (Å²) in [6, 6.07) is 7.40. The summed E-state index contributed by atoms with van der Waals surface area (Å²) < 4.78 is 2.05. The summed E-state index contributed by atoms with van der Waals surface area (Å²) in [5, 5.41) is 3.60. The molecule has 0 radical (unpaired) electrons. The Balaban J connectivity index is 2.04. The van der Waals surface area contributed by atoms with Crippen LogP contribution in [0.5, 0.6) is 0 Å². The van der Waals surface area contributed by atoms with E-state index in [-0.39, 0.29) is 5.56 Å². The fourth-order valence-corrected chi connectivity index (χ4v) is 2.88. The van der Waals surface area contributed by atoms with Crippen molar-refractivity contribution in [3.05, 3.63) is 56.0 Å². The van der Waals surface area contributed by atoms with E-state index < -0.39 is 0 Å². The molecule has 0 fully saturated rings. The summed E-state index contributed by atoms with van der Waals surface area (Å²) in [4.78, 5) is 19.7. The van der Waals surface area contributed by atoms with E-state index in [2.05, 4.69) is 9.97 Å². The standard InChI is InChI=1S/C13H11N3OS2/c17-12-9-3-1-2-4-10(9)15-13(18)16(12)7-5-11-14-6-8-19-11/h1-4,6,8H,5,7H2,(H,15,18). The van der Waals surface area contributed by atoms with Crippen LogP contribution in [0, 0.1) is 4.77 Å². The van der Waals surface area contributed by atoms with E-state index in [1.807, 2.05) is 29.6 Å². The van der Waals surface area contributed by atoms with Crippen LogP contribution in [0.3, 0.4) is 0 Å². The number of nitrogens with zero attached hydrogens (tertiary/aromatic N) is 2. The number of aromatic amines is 1. The number of benzene rings is 1. The molecule has 0 amide bonds. The van der Waals surface area contributed by atoms with Crippen molar-refractivity contribution in [2.75, 3.05) is 0 Å². The normalized spacial score (nSPS) is 10.9. The molecule has 2 heterocycles. The van der Waals surface area contributed by atoms with Gasteiger partial charge in [-0.15, -0.1) is 11.3 Å². The number of nitrogens with one attached hydrogen (secondary N) is 1. The molecular weight excluding hydrogens is 278 g/mol. The van der Waals surface area contributed by atoms with E-state index in [1.165, 1.54) is 0 Å². The largest absolute Gasteiger partial charge is 0.332 e. The number of H-pyrrole nitrogens is 1. The molecule has 2 aromatic heterocycles. The van der Waals surface area contributed by atoms with Gasteiger partial charge in [-0.25, -0.2) is 4.98 Å². The lowest BCUT2D eigenvalue weighted by molar-refractivity contribution is 0.650. The quantitative estimate of drug-likeness (QED) is 0.754. The van der Waals surface area contributed by atoms with Crippen LogP contribution in [0.1, 0.15) is 5.01 Å². The molecule has 0 aliphatic rings. The van der Waals surface area contributed by atoms with Crippen molar-refractivity contribution in [2.45, 2.75) is 13.0 Å². The molecule has 1 N–H and O–H groups in total. The summed E-state index contributed by atoms with van der Waals surface area (Å²) in [6.07, 6.45) is 2.48. The van der Waals surface area contributed by atoms with Crippen LogP contribution in [0.4, 0.5) is 0 Å². The Bertz CT molecular complexity index is 818. The number of hydrogen-bond acceptors (Lipinski definition) is 4. The predicted molar refractivity (Wildman–Crippen MR) is 79.2 cm³/mol. The predicted octanol–water partition coefficient (Wildman–Crippen LogP) is 2.76. The fourth-order valence-electron chi connectivity index (χ4n) is 1.99. The van der Waals surface area contributed by atoms with E-state index >= 15 is 0 Å². The zero-order valence-corrected chi connectivity index (χ0v) is 11.6. The first kappa shape index (κ1) is 12.3. The number of para-hydroxylation sites is 1. The highest BCUT2D eigenvalue weighted by Gasteiger charge is 2.05. The fraction of sp³-hybridized carbons (Fsp3) is 0.154. The summed E-state index contributed by atoms with van der Waals surface area (Å²) in [6.45, 7) is 0.548. The van der Waals surface area contributed by atoms with Crippen molar-refractivity contribution in [3.8, 4) is 0 Å². The summed E-state index contributed by atoms with van der Waals surface area (Å²) in [5.41, 5.74) is 0.735. The average molecular weight is 289 g/mol. The molecule has 96 valence electrons. The van der Waals surface area contributed by atoms with Gasteiger partial charge in [0.05, 0.1) is 15.9 Å². The molecule has 0 saturated heterocycles. The van der Waals surface area contributed by atoms with E-state index in [4.69, 9.17) is 12.2 Å². The van der Waals surface area contributed by atoms with Gasteiger partial charge < -0.3 is 4.98 Å². The van der Waals surface area contributed by atoms with Crippen LogP contribution in [-0.2, 0) is 13.0 Å². The lowest BCUT2D eigenvalue weighted by Crippen LogP contribution is -2.23. The Kier molecular flexibility index (Phi) is 3.27. The molecule has 1 aromatic carbocycles. The van der Waals surface area contributed by atoms with Gasteiger partial charge in [-0.1, -0.05) is 12.1 Å². The Labute approximate surface area is 118 Å². The lowest BCUT2D eigenvalue weighted by atomic mass is 10.2. The zero-order valence-electron chi connectivity index (χ0n) is 10.00. The number of hydrogen-bond donors (Lipinski definition) is 1. The maximum Gasteiger partial charge on any atom is 0.262 e. The van der Waals surface area contributed by atoms with Crippen molar-refractivity contribution in [2.24, 2.45) is 0 Å². The molecule has 0 saturated carbocycles. The first-order valence-corrected chi connectivity index (χ1v) is 7.15. The van der Waals surface area contributed by atoms with Gasteiger partial charge in [0, 0.05) is 24.5 Å². The Hall–Kier alpha value is -1.79. The topological polar surface area (TPSA) is 50.7 Å². The molecule has 19 heavy (non-hydrogen) atoms. The number of aromatic nitrogens is 3. The van der Waals surface area contributed by atoms with E-state index in [9.17, 15) is 4.79 Å². The van der Waals surface area contributed by atoms with Crippen molar-refractivity contribution in [1.82, 2.24) is 14.5 Å². The van der Waals surface area contributed by atoms with Crippen molar-refractivity contribution in [3.63, 3.8) is 0 Å². The second-order valence-electron chi connectivity index (χ2n) is 4.11. The molecule has 4 nitrogen and oxygen atoms in total. The molecule has 0 unspecified atom stereocenters. The number of aryl methyl sites for hydroxylation is 1. The monoisotopic (exact) mass is 289 g/mol. The third kappa shape index (κ3) is 2.36. The van der Waals surface area contributed by atoms with E-state index in [0.717, 1.165) is 10.5 Å². The molecule has 0 aliphatic carbocycles. The molecule has 0 aliphatic heterocycles. The van der Waals surface area contributed by atoms with Crippen molar-refractivity contribution in [1.29, 1.82) is 0 Å². The highest BCUT2D eigenvalue weighted by atomic mass is 32.1. The minimum absolute atomic E-state index is 0.0455. The average Bonchev–Trinajstić information content (AvgIpc) is 2.92. The van der Waals surface area contributed by atoms with Crippen LogP contribution in [0.25, 0.3) is 10.9 Å². The first-order chi connectivity index (χ1) is 9.25.